The second kappa shape index (κ2) is 12.5. The minimum atomic E-state index is 0.906. The van der Waals surface area contributed by atoms with Gasteiger partial charge in [0.05, 0.1) is 0 Å². The summed E-state index contributed by atoms with van der Waals surface area (Å²) < 4.78 is 6.56. The van der Waals surface area contributed by atoms with Crippen molar-refractivity contribution in [2.75, 3.05) is 0 Å². The van der Waals surface area contributed by atoms with Gasteiger partial charge >= 0.3 is 0 Å². The third kappa shape index (κ3) is 4.89. The number of fused-ring (bicyclic) bond motifs is 10. The van der Waals surface area contributed by atoms with Crippen LogP contribution in [0.3, 0.4) is 0 Å². The van der Waals surface area contributed by atoms with Crippen molar-refractivity contribution in [1.82, 2.24) is 0 Å². The zero-order valence-corrected chi connectivity index (χ0v) is 31.0. The average molecular weight is 723 g/mol. The molecule has 0 fully saturated rings. The highest BCUT2D eigenvalue weighted by atomic mass is 16.3. The lowest BCUT2D eigenvalue weighted by atomic mass is 9.85. The Morgan fingerprint density at radius 1 is 0.246 bits per heavy atom. The summed E-state index contributed by atoms with van der Waals surface area (Å²) in [6.45, 7) is 0. The Bertz CT molecular complexity index is 3510. The Kier molecular flexibility index (Phi) is 7.00. The number of hydrogen-bond acceptors (Lipinski definition) is 1. The molecule has 0 amide bonds. The summed E-state index contributed by atoms with van der Waals surface area (Å²) in [7, 11) is 0. The van der Waals surface area contributed by atoms with Crippen LogP contribution in [-0.2, 0) is 0 Å². The van der Waals surface area contributed by atoms with E-state index in [-0.39, 0.29) is 0 Å². The van der Waals surface area contributed by atoms with E-state index in [2.05, 4.69) is 206 Å². The van der Waals surface area contributed by atoms with Gasteiger partial charge in [0.15, 0.2) is 0 Å². The summed E-state index contributed by atoms with van der Waals surface area (Å²) in [4.78, 5) is 0. The topological polar surface area (TPSA) is 13.1 Å². The SMILES string of the molecule is c1ccc(-c2cc3ccccc3c3ccccc23)c(-c2ccc(-c3c4ccccc4c(-c4ccc5c(c4)oc4ccc6ccccc6c45)c4ccccc34)cc2)c1. The fraction of sp³-hybridized carbons (Fsp3) is 0. The number of benzene rings is 11. The fourth-order valence-corrected chi connectivity index (χ4v) is 9.52. The molecule has 57 heavy (non-hydrogen) atoms. The van der Waals surface area contributed by atoms with Gasteiger partial charge in [-0.3, -0.25) is 0 Å². The molecule has 0 spiro atoms. The molecule has 11 aromatic carbocycles. The Morgan fingerprint density at radius 2 is 0.754 bits per heavy atom. The molecule has 1 nitrogen and oxygen atoms in total. The number of hydrogen-bond donors (Lipinski definition) is 0. The summed E-state index contributed by atoms with van der Waals surface area (Å²) in [5, 5.41) is 14.8. The number of rotatable bonds is 4. The van der Waals surface area contributed by atoms with Crippen molar-refractivity contribution in [3.63, 3.8) is 0 Å². The maximum atomic E-state index is 6.56. The first-order valence-corrected chi connectivity index (χ1v) is 19.7. The van der Waals surface area contributed by atoms with E-state index in [1.807, 2.05) is 0 Å². The van der Waals surface area contributed by atoms with E-state index in [9.17, 15) is 0 Å². The number of furan rings is 1. The molecule has 0 N–H and O–H groups in total. The summed E-state index contributed by atoms with van der Waals surface area (Å²) in [5.41, 5.74) is 11.6. The molecule has 12 aromatic rings. The second-order valence-corrected chi connectivity index (χ2v) is 15.1. The average Bonchev–Trinajstić information content (AvgIpc) is 3.66. The van der Waals surface area contributed by atoms with Gasteiger partial charge < -0.3 is 4.42 Å². The molecule has 0 unspecified atom stereocenters. The molecule has 1 aromatic heterocycles. The minimum Gasteiger partial charge on any atom is -0.456 e. The molecule has 12 rings (SSSR count). The third-order valence-electron chi connectivity index (χ3n) is 12.1. The van der Waals surface area contributed by atoms with Gasteiger partial charge in [-0.25, -0.2) is 0 Å². The molecule has 0 aliphatic rings. The molecule has 0 aliphatic carbocycles. The van der Waals surface area contributed by atoms with E-state index in [4.69, 9.17) is 4.42 Å². The molecule has 0 bridgehead atoms. The Balaban J connectivity index is 1.01. The van der Waals surface area contributed by atoms with Gasteiger partial charge in [-0.05, 0) is 123 Å². The second-order valence-electron chi connectivity index (χ2n) is 15.1. The molecule has 0 radical (unpaired) electrons. The monoisotopic (exact) mass is 722 g/mol. The van der Waals surface area contributed by atoms with Crippen LogP contribution in [0.1, 0.15) is 0 Å². The van der Waals surface area contributed by atoms with Crippen LogP contribution in [-0.4, -0.2) is 0 Å². The predicted octanol–water partition coefficient (Wildman–Crippen LogP) is 16.0. The zero-order valence-electron chi connectivity index (χ0n) is 31.0. The zero-order chi connectivity index (χ0) is 37.5. The largest absolute Gasteiger partial charge is 0.456 e. The van der Waals surface area contributed by atoms with Crippen LogP contribution in [0, 0.1) is 0 Å². The smallest absolute Gasteiger partial charge is 0.136 e. The van der Waals surface area contributed by atoms with Gasteiger partial charge in [0.1, 0.15) is 11.2 Å². The van der Waals surface area contributed by atoms with Crippen LogP contribution in [0.5, 0.6) is 0 Å². The summed E-state index contributed by atoms with van der Waals surface area (Å²) in [5.74, 6) is 0. The first-order chi connectivity index (χ1) is 28.3. The van der Waals surface area contributed by atoms with Crippen molar-refractivity contribution in [1.29, 1.82) is 0 Å². The Hall–Kier alpha value is -7.48. The molecule has 264 valence electrons. The lowest BCUT2D eigenvalue weighted by Gasteiger charge is -2.18. The van der Waals surface area contributed by atoms with E-state index in [1.165, 1.54) is 98.2 Å². The quantitative estimate of drug-likeness (QED) is 0.130. The van der Waals surface area contributed by atoms with Gasteiger partial charge in [0.2, 0.25) is 0 Å². The molecule has 0 atom stereocenters. The van der Waals surface area contributed by atoms with E-state index in [1.54, 1.807) is 0 Å². The molecule has 1 heteroatoms. The Labute approximate surface area is 329 Å². The highest BCUT2D eigenvalue weighted by Gasteiger charge is 2.19. The van der Waals surface area contributed by atoms with E-state index < -0.39 is 0 Å². The van der Waals surface area contributed by atoms with Crippen LogP contribution in [0.25, 0.3) is 120 Å². The van der Waals surface area contributed by atoms with E-state index in [0.29, 0.717) is 0 Å². The van der Waals surface area contributed by atoms with Crippen LogP contribution >= 0.6 is 0 Å². The normalized spacial score (nSPS) is 11.9. The van der Waals surface area contributed by atoms with E-state index >= 15 is 0 Å². The van der Waals surface area contributed by atoms with Crippen LogP contribution in [0.15, 0.2) is 211 Å². The van der Waals surface area contributed by atoms with Gasteiger partial charge in [-0.2, -0.15) is 0 Å². The summed E-state index contributed by atoms with van der Waals surface area (Å²) >= 11 is 0. The Morgan fingerprint density at radius 3 is 1.46 bits per heavy atom. The maximum Gasteiger partial charge on any atom is 0.136 e. The standard InChI is InChI=1S/C56H34O/c1-4-17-42-35(13-1)30-32-52-56(42)50-31-29-39(34-53(50)57-52)55-48-23-11-9-21-46(48)54(47-22-10-12-24-49(47)55)37-27-25-36(26-28-37)40-15-5-6-19-44(40)51-33-38-14-2-3-16-41(38)43-18-7-8-20-45(43)51/h1-34H. The van der Waals surface area contributed by atoms with Crippen molar-refractivity contribution >= 4 is 75.8 Å². The van der Waals surface area contributed by atoms with Gasteiger partial charge in [0.25, 0.3) is 0 Å². The van der Waals surface area contributed by atoms with Crippen molar-refractivity contribution in [3.05, 3.63) is 206 Å². The van der Waals surface area contributed by atoms with Crippen molar-refractivity contribution in [2.45, 2.75) is 0 Å². The molecule has 1 heterocycles. The summed E-state index contributed by atoms with van der Waals surface area (Å²) in [6, 6.07) is 75.3. The molecule has 0 saturated heterocycles. The van der Waals surface area contributed by atoms with Crippen LogP contribution in [0.4, 0.5) is 0 Å². The highest BCUT2D eigenvalue weighted by molar-refractivity contribution is 6.23. The highest BCUT2D eigenvalue weighted by Crippen LogP contribution is 2.46. The van der Waals surface area contributed by atoms with Gasteiger partial charge in [-0.15, -0.1) is 0 Å². The first kappa shape index (κ1) is 31.8. The van der Waals surface area contributed by atoms with E-state index in [0.717, 1.165) is 22.1 Å². The lowest BCUT2D eigenvalue weighted by molar-refractivity contribution is 0.669. The molecular formula is C56H34O. The predicted molar refractivity (Wildman–Crippen MR) is 243 cm³/mol. The molecule has 0 aliphatic heterocycles. The van der Waals surface area contributed by atoms with Crippen molar-refractivity contribution < 1.29 is 4.42 Å². The van der Waals surface area contributed by atoms with Crippen LogP contribution in [0.2, 0.25) is 0 Å². The fourth-order valence-electron chi connectivity index (χ4n) is 9.52. The maximum absolute atomic E-state index is 6.56. The van der Waals surface area contributed by atoms with Crippen LogP contribution < -0.4 is 0 Å². The first-order valence-electron chi connectivity index (χ1n) is 19.7. The minimum absolute atomic E-state index is 0.906. The van der Waals surface area contributed by atoms with Crippen molar-refractivity contribution in [2.24, 2.45) is 0 Å². The molecular weight excluding hydrogens is 689 g/mol. The third-order valence-corrected chi connectivity index (χ3v) is 12.1. The summed E-state index contributed by atoms with van der Waals surface area (Å²) in [6.07, 6.45) is 0. The molecule has 0 saturated carbocycles. The van der Waals surface area contributed by atoms with Gasteiger partial charge in [0, 0.05) is 10.8 Å². The van der Waals surface area contributed by atoms with Gasteiger partial charge in [-0.1, -0.05) is 182 Å². The lowest BCUT2D eigenvalue weighted by Crippen LogP contribution is -1.91. The van der Waals surface area contributed by atoms with Crippen molar-refractivity contribution in [3.8, 4) is 44.5 Å².